The van der Waals surface area contributed by atoms with Crippen LogP contribution in [0.5, 0.6) is 0 Å². The van der Waals surface area contributed by atoms with Crippen LogP contribution in [0.15, 0.2) is 44.0 Å². The van der Waals surface area contributed by atoms with Gasteiger partial charge in [-0.1, -0.05) is 6.07 Å². The fourth-order valence-electron chi connectivity index (χ4n) is 2.12. The molecular formula is C14H14N2O3. The van der Waals surface area contributed by atoms with E-state index in [1.54, 1.807) is 7.05 Å². The number of benzene rings is 1. The molecule has 0 unspecified atom stereocenters. The summed E-state index contributed by atoms with van der Waals surface area (Å²) in [7, 11) is 1.69. The molecule has 5 nitrogen and oxygen atoms in total. The first kappa shape index (κ1) is 11.8. The molecule has 0 atom stereocenters. The van der Waals surface area contributed by atoms with Crippen molar-refractivity contribution in [1.82, 2.24) is 4.57 Å². The smallest absolute Gasteiger partial charge is 0.419 e. The number of oxazole rings is 1. The van der Waals surface area contributed by atoms with Crippen molar-refractivity contribution in [1.29, 1.82) is 0 Å². The summed E-state index contributed by atoms with van der Waals surface area (Å²) in [6, 6.07) is 9.48. The van der Waals surface area contributed by atoms with Gasteiger partial charge in [0.25, 0.3) is 0 Å². The highest BCUT2D eigenvalue weighted by Gasteiger charge is 2.08. The van der Waals surface area contributed by atoms with Gasteiger partial charge in [-0.05, 0) is 29.8 Å². The Labute approximate surface area is 109 Å². The number of aryl methyl sites for hydroxylation is 1. The third kappa shape index (κ3) is 2.08. The largest absolute Gasteiger partial charge is 0.464 e. The van der Waals surface area contributed by atoms with Crippen molar-refractivity contribution >= 4 is 11.1 Å². The number of fused-ring (bicyclic) bond motifs is 1. The van der Waals surface area contributed by atoms with Gasteiger partial charge in [-0.2, -0.15) is 0 Å². The fraction of sp³-hybridized carbons (Fsp3) is 0.214. The summed E-state index contributed by atoms with van der Waals surface area (Å²) in [5, 5.41) is 0. The van der Waals surface area contributed by atoms with E-state index in [0.29, 0.717) is 18.5 Å². The molecule has 0 aliphatic rings. The van der Waals surface area contributed by atoms with Gasteiger partial charge < -0.3 is 14.6 Å². The average molecular weight is 258 g/mol. The van der Waals surface area contributed by atoms with Crippen LogP contribution < -0.4 is 11.5 Å². The molecule has 2 N–H and O–H groups in total. The van der Waals surface area contributed by atoms with Crippen molar-refractivity contribution < 1.29 is 8.83 Å². The Morgan fingerprint density at radius 2 is 1.95 bits per heavy atom. The van der Waals surface area contributed by atoms with Crippen molar-refractivity contribution in [3.8, 4) is 0 Å². The number of furan rings is 1. The Kier molecular flexibility index (Phi) is 2.76. The van der Waals surface area contributed by atoms with Crippen LogP contribution in [0.25, 0.3) is 11.1 Å². The fourth-order valence-corrected chi connectivity index (χ4v) is 2.12. The lowest BCUT2D eigenvalue weighted by Crippen LogP contribution is -2.08. The third-order valence-electron chi connectivity index (χ3n) is 3.15. The molecule has 2 heterocycles. The molecule has 0 aliphatic heterocycles. The van der Waals surface area contributed by atoms with Gasteiger partial charge in [0.1, 0.15) is 11.5 Å². The molecule has 0 bridgehead atoms. The van der Waals surface area contributed by atoms with Crippen molar-refractivity contribution in [2.45, 2.75) is 13.0 Å². The van der Waals surface area contributed by atoms with Gasteiger partial charge in [0, 0.05) is 13.5 Å². The molecule has 0 fully saturated rings. The van der Waals surface area contributed by atoms with E-state index in [9.17, 15) is 4.79 Å². The first-order chi connectivity index (χ1) is 9.17. The highest BCUT2D eigenvalue weighted by molar-refractivity contribution is 5.73. The molecule has 0 amide bonds. The van der Waals surface area contributed by atoms with Crippen LogP contribution in [0.2, 0.25) is 0 Å². The summed E-state index contributed by atoms with van der Waals surface area (Å²) < 4.78 is 12.2. The maximum atomic E-state index is 11.4. The summed E-state index contributed by atoms with van der Waals surface area (Å²) >= 11 is 0. The molecule has 0 radical (unpaired) electrons. The average Bonchev–Trinajstić information content (AvgIpc) is 2.96. The monoisotopic (exact) mass is 258 g/mol. The third-order valence-corrected chi connectivity index (χ3v) is 3.15. The van der Waals surface area contributed by atoms with Crippen LogP contribution in [0.4, 0.5) is 0 Å². The van der Waals surface area contributed by atoms with Gasteiger partial charge in [0.15, 0.2) is 5.58 Å². The Bertz CT molecular complexity index is 779. The number of hydrogen-bond donors (Lipinski definition) is 1. The normalized spacial score (nSPS) is 11.3. The number of aromatic nitrogens is 1. The molecule has 0 saturated carbocycles. The minimum Gasteiger partial charge on any atom is -0.464 e. The summed E-state index contributed by atoms with van der Waals surface area (Å²) in [6.45, 7) is 0.395. The maximum absolute atomic E-state index is 11.4. The quantitative estimate of drug-likeness (QED) is 0.777. The SMILES string of the molecule is Cn1c(=O)oc2cc(Cc3ccc(CN)o3)ccc21. The van der Waals surface area contributed by atoms with Crippen molar-refractivity contribution in [3.05, 3.63) is 58.0 Å². The van der Waals surface area contributed by atoms with Gasteiger partial charge >= 0.3 is 5.76 Å². The van der Waals surface area contributed by atoms with E-state index in [4.69, 9.17) is 14.6 Å². The molecule has 0 spiro atoms. The molecule has 0 saturated heterocycles. The minimum atomic E-state index is -0.351. The zero-order valence-corrected chi connectivity index (χ0v) is 10.6. The van der Waals surface area contributed by atoms with Crippen LogP contribution >= 0.6 is 0 Å². The predicted octanol–water partition coefficient (Wildman–Crippen LogP) is 1.77. The van der Waals surface area contributed by atoms with E-state index < -0.39 is 0 Å². The lowest BCUT2D eigenvalue weighted by molar-refractivity contribution is 0.475. The molecule has 0 aliphatic carbocycles. The summed E-state index contributed by atoms with van der Waals surface area (Å²) in [6.07, 6.45) is 0.647. The van der Waals surface area contributed by atoms with Crippen molar-refractivity contribution in [2.24, 2.45) is 12.8 Å². The van der Waals surface area contributed by atoms with E-state index in [-0.39, 0.29) is 5.76 Å². The second kappa shape index (κ2) is 4.44. The Balaban J connectivity index is 1.95. The van der Waals surface area contributed by atoms with Gasteiger partial charge in [-0.15, -0.1) is 0 Å². The zero-order chi connectivity index (χ0) is 13.4. The Morgan fingerprint density at radius 3 is 2.68 bits per heavy atom. The minimum absolute atomic E-state index is 0.351. The highest BCUT2D eigenvalue weighted by Crippen LogP contribution is 2.18. The molecule has 1 aromatic carbocycles. The van der Waals surface area contributed by atoms with E-state index in [1.807, 2.05) is 30.3 Å². The van der Waals surface area contributed by atoms with Crippen molar-refractivity contribution in [3.63, 3.8) is 0 Å². The topological polar surface area (TPSA) is 74.3 Å². The first-order valence-electron chi connectivity index (χ1n) is 6.03. The van der Waals surface area contributed by atoms with E-state index in [0.717, 1.165) is 22.6 Å². The molecular weight excluding hydrogens is 244 g/mol. The van der Waals surface area contributed by atoms with Crippen LogP contribution in [0.3, 0.4) is 0 Å². The standard InChI is InChI=1S/C14H14N2O3/c1-16-12-5-2-9(7-13(12)19-14(16)17)6-10-3-4-11(8-15)18-10/h2-5,7H,6,8,15H2,1H3. The lowest BCUT2D eigenvalue weighted by atomic mass is 10.1. The predicted molar refractivity (Wildman–Crippen MR) is 70.9 cm³/mol. The summed E-state index contributed by atoms with van der Waals surface area (Å²) in [4.78, 5) is 11.4. The number of nitrogens with zero attached hydrogens (tertiary/aromatic N) is 1. The van der Waals surface area contributed by atoms with Crippen LogP contribution in [0.1, 0.15) is 17.1 Å². The second-order valence-electron chi connectivity index (χ2n) is 4.48. The number of nitrogens with two attached hydrogens (primary N) is 1. The van der Waals surface area contributed by atoms with Crippen LogP contribution in [-0.4, -0.2) is 4.57 Å². The van der Waals surface area contributed by atoms with Gasteiger partial charge in [0.2, 0.25) is 0 Å². The summed E-state index contributed by atoms with van der Waals surface area (Å²) in [5.74, 6) is 1.26. The molecule has 2 aromatic heterocycles. The van der Waals surface area contributed by atoms with Gasteiger partial charge in [-0.3, -0.25) is 4.57 Å². The van der Waals surface area contributed by atoms with Crippen molar-refractivity contribution in [2.75, 3.05) is 0 Å². The molecule has 19 heavy (non-hydrogen) atoms. The Hall–Kier alpha value is -2.27. The Morgan fingerprint density at radius 1 is 1.16 bits per heavy atom. The van der Waals surface area contributed by atoms with E-state index >= 15 is 0 Å². The maximum Gasteiger partial charge on any atom is 0.419 e. The first-order valence-corrected chi connectivity index (χ1v) is 6.03. The van der Waals surface area contributed by atoms with E-state index in [2.05, 4.69) is 0 Å². The van der Waals surface area contributed by atoms with Gasteiger partial charge in [0.05, 0.1) is 12.1 Å². The summed E-state index contributed by atoms with van der Waals surface area (Å²) in [5.41, 5.74) is 7.91. The second-order valence-corrected chi connectivity index (χ2v) is 4.48. The molecule has 5 heteroatoms. The molecule has 3 rings (SSSR count). The van der Waals surface area contributed by atoms with Crippen LogP contribution in [0, 0.1) is 0 Å². The zero-order valence-electron chi connectivity index (χ0n) is 10.6. The molecule has 98 valence electrons. The number of hydrogen-bond acceptors (Lipinski definition) is 4. The number of rotatable bonds is 3. The highest BCUT2D eigenvalue weighted by atomic mass is 16.4. The lowest BCUT2D eigenvalue weighted by Gasteiger charge is -1.99. The van der Waals surface area contributed by atoms with Crippen LogP contribution in [-0.2, 0) is 20.0 Å². The van der Waals surface area contributed by atoms with Gasteiger partial charge in [-0.25, -0.2) is 4.79 Å². The molecule has 3 aromatic rings. The van der Waals surface area contributed by atoms with E-state index in [1.165, 1.54) is 4.57 Å².